The number of carbonyl (C=O) groups is 1. The van der Waals surface area contributed by atoms with Crippen LogP contribution < -0.4 is 0 Å². The summed E-state index contributed by atoms with van der Waals surface area (Å²) in [5, 5.41) is 7.58. The van der Waals surface area contributed by atoms with E-state index in [4.69, 9.17) is 4.74 Å². The van der Waals surface area contributed by atoms with Gasteiger partial charge in [0.1, 0.15) is 5.82 Å². The maximum atomic E-state index is 12.8. The van der Waals surface area contributed by atoms with Crippen LogP contribution in [0.1, 0.15) is 12.5 Å². The molecule has 1 heterocycles. The Morgan fingerprint density at radius 1 is 1.41 bits per heavy atom. The third-order valence-corrected chi connectivity index (χ3v) is 2.35. The van der Waals surface area contributed by atoms with E-state index in [-0.39, 0.29) is 18.1 Å². The first-order chi connectivity index (χ1) is 8.22. The van der Waals surface area contributed by atoms with Crippen LogP contribution in [0.5, 0.6) is 0 Å². The van der Waals surface area contributed by atoms with Crippen molar-refractivity contribution >= 4 is 11.5 Å². The van der Waals surface area contributed by atoms with Gasteiger partial charge in [-0.2, -0.15) is 5.11 Å². The van der Waals surface area contributed by atoms with Crippen molar-refractivity contribution in [1.29, 1.82) is 0 Å². The lowest BCUT2D eigenvalue weighted by atomic mass is 10.0. The van der Waals surface area contributed by atoms with E-state index in [0.717, 1.165) is 5.56 Å². The fourth-order valence-electron chi connectivity index (χ4n) is 1.55. The van der Waals surface area contributed by atoms with E-state index in [1.165, 1.54) is 12.1 Å². The normalized spacial score (nSPS) is 14.2. The van der Waals surface area contributed by atoms with Crippen LogP contribution in [-0.4, -0.2) is 19.1 Å². The standard InChI is InChI=1S/C12H11FN2O2/c1-2-17-12(16)11-10(7-14-15-11)8-3-5-9(13)6-4-8/h3-6H,2,7H2,1H3. The van der Waals surface area contributed by atoms with Gasteiger partial charge in [0.15, 0.2) is 5.70 Å². The molecular formula is C12H11FN2O2. The summed E-state index contributed by atoms with van der Waals surface area (Å²) in [6, 6.07) is 5.87. The molecule has 0 unspecified atom stereocenters. The van der Waals surface area contributed by atoms with Gasteiger partial charge in [-0.25, -0.2) is 9.18 Å². The molecule has 0 aromatic heterocycles. The van der Waals surface area contributed by atoms with Crippen LogP contribution in [0.15, 0.2) is 40.2 Å². The van der Waals surface area contributed by atoms with E-state index in [1.54, 1.807) is 19.1 Å². The molecule has 0 fully saturated rings. The van der Waals surface area contributed by atoms with Crippen molar-refractivity contribution in [3.63, 3.8) is 0 Å². The molecule has 0 bridgehead atoms. The van der Waals surface area contributed by atoms with Crippen molar-refractivity contribution in [2.75, 3.05) is 13.2 Å². The number of hydrogen-bond donors (Lipinski definition) is 0. The van der Waals surface area contributed by atoms with Gasteiger partial charge in [0.05, 0.1) is 13.2 Å². The number of nitrogens with zero attached hydrogens (tertiary/aromatic N) is 2. The molecular weight excluding hydrogens is 223 g/mol. The summed E-state index contributed by atoms with van der Waals surface area (Å²) in [5.41, 5.74) is 1.61. The van der Waals surface area contributed by atoms with Crippen molar-refractivity contribution in [1.82, 2.24) is 0 Å². The zero-order valence-corrected chi connectivity index (χ0v) is 9.31. The van der Waals surface area contributed by atoms with Gasteiger partial charge in [-0.15, -0.1) is 5.11 Å². The van der Waals surface area contributed by atoms with Crippen LogP contribution in [-0.2, 0) is 9.53 Å². The monoisotopic (exact) mass is 234 g/mol. The molecule has 0 amide bonds. The number of azo groups is 1. The molecule has 2 rings (SSSR count). The highest BCUT2D eigenvalue weighted by atomic mass is 19.1. The predicted octanol–water partition coefficient (Wildman–Crippen LogP) is 2.57. The highest BCUT2D eigenvalue weighted by Crippen LogP contribution is 2.26. The summed E-state index contributed by atoms with van der Waals surface area (Å²) in [6.45, 7) is 2.33. The Labute approximate surface area is 97.8 Å². The SMILES string of the molecule is CCOC(=O)C1=C(c2ccc(F)cc2)CN=N1. The minimum Gasteiger partial charge on any atom is -0.461 e. The summed E-state index contributed by atoms with van der Waals surface area (Å²) in [5.74, 6) is -0.813. The predicted molar refractivity (Wildman–Crippen MR) is 59.7 cm³/mol. The summed E-state index contributed by atoms with van der Waals surface area (Å²) in [6.07, 6.45) is 0. The molecule has 4 nitrogen and oxygen atoms in total. The minimum absolute atomic E-state index is 0.207. The fraction of sp³-hybridized carbons (Fsp3) is 0.250. The average Bonchev–Trinajstić information content (AvgIpc) is 2.79. The summed E-state index contributed by atoms with van der Waals surface area (Å²) in [4.78, 5) is 11.6. The third-order valence-electron chi connectivity index (χ3n) is 2.35. The van der Waals surface area contributed by atoms with Gasteiger partial charge in [-0.05, 0) is 24.6 Å². The van der Waals surface area contributed by atoms with Gasteiger partial charge in [-0.1, -0.05) is 12.1 Å². The maximum Gasteiger partial charge on any atom is 0.359 e. The molecule has 0 saturated heterocycles. The van der Waals surface area contributed by atoms with E-state index in [2.05, 4.69) is 10.2 Å². The molecule has 0 spiro atoms. The second kappa shape index (κ2) is 4.86. The lowest BCUT2D eigenvalue weighted by Gasteiger charge is -2.04. The molecule has 0 N–H and O–H groups in total. The smallest absolute Gasteiger partial charge is 0.359 e. The van der Waals surface area contributed by atoms with Crippen molar-refractivity contribution in [2.45, 2.75) is 6.92 Å². The van der Waals surface area contributed by atoms with Gasteiger partial charge >= 0.3 is 5.97 Å². The second-order valence-electron chi connectivity index (χ2n) is 3.45. The van der Waals surface area contributed by atoms with E-state index in [9.17, 15) is 9.18 Å². The highest BCUT2D eigenvalue weighted by molar-refractivity contribution is 5.98. The number of hydrogen-bond acceptors (Lipinski definition) is 4. The Kier molecular flexibility index (Phi) is 3.27. The Hall–Kier alpha value is -2.04. The molecule has 17 heavy (non-hydrogen) atoms. The molecule has 1 aromatic carbocycles. The van der Waals surface area contributed by atoms with Crippen molar-refractivity contribution < 1.29 is 13.9 Å². The first-order valence-corrected chi connectivity index (χ1v) is 5.26. The number of carbonyl (C=O) groups excluding carboxylic acids is 1. The quantitative estimate of drug-likeness (QED) is 0.754. The van der Waals surface area contributed by atoms with Gasteiger partial charge in [0.25, 0.3) is 0 Å². The second-order valence-corrected chi connectivity index (χ2v) is 3.45. The van der Waals surface area contributed by atoms with Gasteiger partial charge in [0, 0.05) is 5.57 Å². The molecule has 1 aliphatic rings. The topological polar surface area (TPSA) is 51.0 Å². The Balaban J connectivity index is 2.33. The van der Waals surface area contributed by atoms with Gasteiger partial charge in [-0.3, -0.25) is 0 Å². The maximum absolute atomic E-state index is 12.8. The van der Waals surface area contributed by atoms with Crippen molar-refractivity contribution in [3.05, 3.63) is 41.3 Å². The van der Waals surface area contributed by atoms with E-state index in [1.807, 2.05) is 0 Å². The average molecular weight is 234 g/mol. The van der Waals surface area contributed by atoms with Crippen LogP contribution in [0.3, 0.4) is 0 Å². The fourth-order valence-corrected chi connectivity index (χ4v) is 1.55. The highest BCUT2D eigenvalue weighted by Gasteiger charge is 2.21. The first kappa shape index (κ1) is 11.4. The molecule has 1 aromatic rings. The van der Waals surface area contributed by atoms with Gasteiger partial charge < -0.3 is 4.74 Å². The van der Waals surface area contributed by atoms with E-state index >= 15 is 0 Å². The molecule has 5 heteroatoms. The van der Waals surface area contributed by atoms with E-state index < -0.39 is 5.97 Å². The minimum atomic E-state index is -0.493. The van der Waals surface area contributed by atoms with Gasteiger partial charge in [0.2, 0.25) is 0 Å². The molecule has 1 aliphatic heterocycles. The Bertz CT molecular complexity index is 492. The van der Waals surface area contributed by atoms with Crippen LogP contribution in [0.4, 0.5) is 4.39 Å². The number of benzene rings is 1. The third kappa shape index (κ3) is 2.38. The summed E-state index contributed by atoms with van der Waals surface area (Å²) >= 11 is 0. The van der Waals surface area contributed by atoms with E-state index in [0.29, 0.717) is 12.1 Å². The molecule has 0 saturated carbocycles. The lowest BCUT2D eigenvalue weighted by molar-refractivity contribution is -0.138. The largest absolute Gasteiger partial charge is 0.461 e. The summed E-state index contributed by atoms with van der Waals surface area (Å²) < 4.78 is 17.7. The molecule has 0 atom stereocenters. The van der Waals surface area contributed by atoms with Crippen LogP contribution in [0.2, 0.25) is 0 Å². The van der Waals surface area contributed by atoms with Crippen molar-refractivity contribution in [2.24, 2.45) is 10.2 Å². The first-order valence-electron chi connectivity index (χ1n) is 5.26. The van der Waals surface area contributed by atoms with Crippen LogP contribution in [0, 0.1) is 5.82 Å². The lowest BCUT2D eigenvalue weighted by Crippen LogP contribution is -2.07. The molecule has 0 aliphatic carbocycles. The zero-order valence-electron chi connectivity index (χ0n) is 9.31. The molecule has 88 valence electrons. The van der Waals surface area contributed by atoms with Crippen LogP contribution in [0.25, 0.3) is 5.57 Å². The Morgan fingerprint density at radius 2 is 2.12 bits per heavy atom. The number of esters is 1. The zero-order chi connectivity index (χ0) is 12.3. The van der Waals surface area contributed by atoms with Crippen LogP contribution >= 0.6 is 0 Å². The van der Waals surface area contributed by atoms with Crippen molar-refractivity contribution in [3.8, 4) is 0 Å². The number of ether oxygens (including phenoxy) is 1. The number of halogens is 1. The summed E-state index contributed by atoms with van der Waals surface area (Å²) in [7, 11) is 0. The molecule has 0 radical (unpaired) electrons. The number of rotatable bonds is 3. The Morgan fingerprint density at radius 3 is 2.76 bits per heavy atom.